The third kappa shape index (κ3) is 14.8. The van der Waals surface area contributed by atoms with Gasteiger partial charge in [0.15, 0.2) is 6.23 Å². The number of imidazole rings is 1. The normalized spacial score (nSPS) is 33.2. The zero-order chi connectivity index (χ0) is 67.4. The molecule has 15 atom stereocenters. The monoisotopic (exact) mass is 1380 g/mol. The zero-order valence-electron chi connectivity index (χ0n) is 54.6. The number of nitrogens with two attached hydrogens (primary N) is 6. The Morgan fingerprint density at radius 2 is 1.38 bits per heavy atom. The van der Waals surface area contributed by atoms with E-state index in [2.05, 4.69) is 10.3 Å². The molecule has 8 rings (SSSR count). The van der Waals surface area contributed by atoms with Gasteiger partial charge in [0, 0.05) is 108 Å². The van der Waals surface area contributed by atoms with E-state index in [-0.39, 0.29) is 113 Å². The molecule has 6 aliphatic heterocycles. The number of amides is 7. The molecule has 1 aromatic heterocycles. The quantitative estimate of drug-likeness (QED) is 0.0568. The van der Waals surface area contributed by atoms with Crippen molar-refractivity contribution in [2.75, 3.05) is 13.2 Å². The average molecular weight is 1380 g/mol. The number of allylic oxidation sites excluding steroid dienone is 6. The summed E-state index contributed by atoms with van der Waals surface area (Å²) in [5.41, 5.74) is 37.1. The van der Waals surface area contributed by atoms with E-state index in [0.29, 0.717) is 56.4 Å². The van der Waals surface area contributed by atoms with Crippen molar-refractivity contribution in [2.24, 2.45) is 94.7 Å². The first kappa shape index (κ1) is 75.8. The van der Waals surface area contributed by atoms with Gasteiger partial charge in [-0.05, 0) is 125 Å². The van der Waals surface area contributed by atoms with Crippen molar-refractivity contribution in [3.8, 4) is 0 Å². The minimum absolute atomic E-state index is 0. The molecule has 93 heavy (non-hydrogen) atoms. The molecule has 512 valence electrons. The smallest absolute Gasteiger partial charge is 0.756 e. The number of primary amides is 6. The number of aryl methyl sites for hydroxylation is 2. The van der Waals surface area contributed by atoms with Crippen molar-refractivity contribution >= 4 is 89.7 Å². The summed E-state index contributed by atoms with van der Waals surface area (Å²) in [7, 11) is -5.32. The number of phosphoric acid groups is 1. The van der Waals surface area contributed by atoms with Crippen molar-refractivity contribution in [2.45, 2.75) is 195 Å². The molecule has 0 saturated carbocycles. The Bertz CT molecular complexity index is 3570. The molecule has 30 heteroatoms. The fourth-order valence-corrected chi connectivity index (χ4v) is 16.6. The van der Waals surface area contributed by atoms with Crippen LogP contribution in [0.25, 0.3) is 16.4 Å². The Hall–Kier alpha value is -6.20. The van der Waals surface area contributed by atoms with Crippen LogP contribution in [-0.4, -0.2) is 127 Å². The number of aliphatic hydroxyl groups is 2. The number of fused-ring (bicyclic) bond motifs is 7. The Balaban J connectivity index is 0.00000686. The summed E-state index contributed by atoms with van der Waals surface area (Å²) in [6.45, 7) is 19.3. The van der Waals surface area contributed by atoms with E-state index in [1.165, 1.54) is 17.8 Å². The number of phosphoric ester groups is 1. The van der Waals surface area contributed by atoms with Gasteiger partial charge < -0.3 is 78.5 Å². The van der Waals surface area contributed by atoms with Gasteiger partial charge in [-0.2, -0.15) is 5.70 Å². The van der Waals surface area contributed by atoms with Crippen molar-refractivity contribution in [1.82, 2.24) is 14.9 Å². The number of nitrogens with one attached hydrogen (secondary N) is 1. The van der Waals surface area contributed by atoms with Gasteiger partial charge >= 0.3 is 16.8 Å². The molecule has 0 aliphatic carbocycles. The number of nitrogens with zero attached hydrogens (tertiary/aromatic N) is 6. The summed E-state index contributed by atoms with van der Waals surface area (Å²) < 4.78 is 31.9. The number of halogens is 1. The van der Waals surface area contributed by atoms with Crippen LogP contribution in [0.5, 0.6) is 0 Å². The van der Waals surface area contributed by atoms with Crippen LogP contribution in [0.1, 0.15) is 157 Å². The maximum Gasteiger partial charge on any atom is 3.00 e. The fourth-order valence-electron chi connectivity index (χ4n) is 15.5. The Morgan fingerprint density at radius 1 is 0.785 bits per heavy atom. The van der Waals surface area contributed by atoms with Gasteiger partial charge in [0.1, 0.15) is 18.3 Å². The number of aliphatic imine (C=N–C) groups is 3. The van der Waals surface area contributed by atoms with Crippen LogP contribution in [0.4, 0.5) is 0 Å². The average Bonchev–Trinajstić information content (AvgIpc) is 1.53. The van der Waals surface area contributed by atoms with Crippen molar-refractivity contribution in [3.05, 3.63) is 69.2 Å². The van der Waals surface area contributed by atoms with Gasteiger partial charge in [0.25, 0.3) is 7.82 Å². The van der Waals surface area contributed by atoms with Crippen LogP contribution in [0.15, 0.2) is 67.8 Å². The van der Waals surface area contributed by atoms with E-state index < -0.39 is 143 Å². The summed E-state index contributed by atoms with van der Waals surface area (Å²) in [6.07, 6.45) is -4.29. The second kappa shape index (κ2) is 28.6. The number of aromatic nitrogens is 2. The first-order valence-corrected chi connectivity index (χ1v) is 32.5. The maximum atomic E-state index is 14.4. The van der Waals surface area contributed by atoms with E-state index in [9.17, 15) is 53.2 Å². The minimum Gasteiger partial charge on any atom is -0.756 e. The third-order valence-electron chi connectivity index (χ3n) is 20.8. The minimum atomic E-state index is -5.32. The molecule has 15 N–H and O–H groups in total. The Labute approximate surface area is 558 Å². The molecular weight excluding hydrogens is 1290 g/mol. The van der Waals surface area contributed by atoms with Gasteiger partial charge in [-0.3, -0.25) is 53.1 Å². The van der Waals surface area contributed by atoms with Crippen LogP contribution in [-0.2, 0) is 68.7 Å². The zero-order valence-corrected chi connectivity index (χ0v) is 57.4. The molecule has 15 unspecified atom stereocenters. The molecule has 2 fully saturated rings. The van der Waals surface area contributed by atoms with Gasteiger partial charge in [0.2, 0.25) is 41.4 Å². The van der Waals surface area contributed by atoms with E-state index >= 15 is 0 Å². The Morgan fingerprint density at radius 3 is 1.96 bits per heavy atom. The fraction of sp³-hybridized carbons (Fsp3) is 0.635. The molecular formula is C63H91ClCoN13O14P+. The number of ether oxygens (including phenoxy) is 1. The summed E-state index contributed by atoms with van der Waals surface area (Å²) in [5, 5.41) is 30.2. The molecule has 0 spiro atoms. The molecule has 6 aliphatic rings. The summed E-state index contributed by atoms with van der Waals surface area (Å²) in [4.78, 5) is 128. The molecule has 27 nitrogen and oxygen atoms in total. The van der Waals surface area contributed by atoms with E-state index in [4.69, 9.17) is 68.5 Å². The molecule has 1 aromatic carbocycles. The largest absolute Gasteiger partial charge is 3.00 e. The number of hydrogen-bond donors (Lipinski definition) is 9. The first-order chi connectivity index (χ1) is 42.3. The summed E-state index contributed by atoms with van der Waals surface area (Å²) >= 11 is 0. The number of aliphatic hydroxyl groups excluding tert-OH is 2. The van der Waals surface area contributed by atoms with Crippen molar-refractivity contribution < 1.29 is 83.8 Å². The summed E-state index contributed by atoms with van der Waals surface area (Å²) in [5.74, 6) is -7.06. The van der Waals surface area contributed by atoms with Crippen LogP contribution in [0.3, 0.4) is 0 Å². The number of benzene rings is 1. The maximum absolute atomic E-state index is 14.4. The number of carbonyl (C=O) groups is 7. The molecule has 2 aromatic rings. The van der Waals surface area contributed by atoms with E-state index in [1.807, 2.05) is 87.4 Å². The number of carbonyl (C=O) groups excluding carboxylic acids is 7. The molecule has 7 heterocycles. The van der Waals surface area contributed by atoms with Crippen molar-refractivity contribution in [3.63, 3.8) is 0 Å². The van der Waals surface area contributed by atoms with Crippen LogP contribution < -0.4 is 44.6 Å². The molecule has 2 saturated heterocycles. The van der Waals surface area contributed by atoms with Crippen molar-refractivity contribution in [1.29, 1.82) is 0 Å². The molecule has 8 bridgehead atoms. The Kier molecular flexibility index (Phi) is 23.3. The van der Waals surface area contributed by atoms with Crippen LogP contribution in [0.2, 0.25) is 0 Å². The summed E-state index contributed by atoms with van der Waals surface area (Å²) in [6, 6.07) is 2.72. The van der Waals surface area contributed by atoms with Gasteiger partial charge in [-0.25, -0.2) is 4.98 Å². The topological polar surface area (TPSA) is 465 Å². The SMILES string of the molecule is C/C1=C2N=C(/C=C3N=C(/C(C)=C4\[N-]C(C(CC(N)=O)C4(C)CCC(=O)NCC(C)OP(=O)([O-])OC4C(CO)OC(n5cnc6cc(C)c(C)cc65)C4O)C4(C)N=C1C(CCC(N)=O)C4(C)CCC(N)=O)C(CCC(N)=O)C\3(C)C)C(CCC(N)=O)C/2(C)CC(N)=O.Cl.[Co+3]. The standard InChI is InChI=1S/C63H92N13O14P.ClH.Co/c1-30-22-40-41(23-31(30)2)76(29-71-40)58-53(85)54(42(28-77)88-58)90-91(86,87)89-32(3)27-70-50(84)19-20-60(8)38(24-48(68)82)57-63(11)62(10,21-18-47(67)81)37(14-17-46(66)80)52(75-63)34(5)56-61(9,26-49(69)83)35(12-15-44(64)78)39(72-56)25-43-59(6,7)36(13-16-45(65)79)51(73-43)33(4)55(60)74-57;;/h22-23,25,29,32,35-38,42,53-54,57-58,77,85H,12-21,24,26-28H2,1-11H3,(H15,64,65,66,67,68,69,70,72,73,74,75,78,79,80,81,82,83,84,86,87);1H;/q;;+3/p-2. The van der Waals surface area contributed by atoms with Crippen LogP contribution >= 0.6 is 20.2 Å². The van der Waals surface area contributed by atoms with Gasteiger partial charge in [-0.15, -0.1) is 12.4 Å². The van der Waals surface area contributed by atoms with E-state index in [0.717, 1.165) is 11.1 Å². The second-order valence-electron chi connectivity index (χ2n) is 27.3. The van der Waals surface area contributed by atoms with E-state index in [1.54, 1.807) is 0 Å². The second-order valence-corrected chi connectivity index (χ2v) is 28.6. The predicted octanol–water partition coefficient (Wildman–Crippen LogP) is 4.12. The predicted molar refractivity (Wildman–Crippen MR) is 343 cm³/mol. The van der Waals surface area contributed by atoms with Crippen LogP contribution in [0, 0.1) is 59.2 Å². The first-order valence-electron chi connectivity index (χ1n) is 31.0. The molecule has 7 amide bonds. The van der Waals surface area contributed by atoms with Gasteiger partial charge in [0.05, 0.1) is 41.3 Å². The third-order valence-corrected chi connectivity index (χ3v) is 21.9. The number of rotatable bonds is 27. The van der Waals surface area contributed by atoms with Gasteiger partial charge in [-0.1, -0.05) is 40.7 Å². The molecule has 0 radical (unpaired) electrons. The number of hydrogen-bond acceptors (Lipinski definition) is 18.